The van der Waals surface area contributed by atoms with E-state index in [0.29, 0.717) is 29.7 Å². The van der Waals surface area contributed by atoms with Crippen LogP contribution in [0, 0.1) is 0 Å². The molecular formula is C15H24N6O5Si. The van der Waals surface area contributed by atoms with Gasteiger partial charge >= 0.3 is 5.97 Å². The van der Waals surface area contributed by atoms with Gasteiger partial charge in [-0.3, -0.25) is 9.36 Å². The Kier molecular flexibility index (Phi) is 5.71. The minimum Gasteiger partial charge on any atom is -0.480 e. The standard InChI is InChI=1S/C15H24N6O5Si/c1-27(3-2-7(16)15(24)25)4-8-10(22)11(23)14(26-8)21-6-20-9-12(17)18-5-19-13(9)21/h5-8,10-11,14,22-23,27H,2-4,16H2,1H3,(H,24,25)(H2,17,18,19)/t7-,8?,10?,11?,14+,27?/m0/s1. The van der Waals surface area contributed by atoms with Gasteiger partial charge in [0, 0.05) is 8.80 Å². The van der Waals surface area contributed by atoms with Crippen molar-refractivity contribution in [2.45, 2.75) is 55.6 Å². The van der Waals surface area contributed by atoms with E-state index in [1.165, 1.54) is 17.2 Å². The van der Waals surface area contributed by atoms with E-state index in [1.54, 1.807) is 0 Å². The number of aliphatic hydroxyl groups is 2. The maximum absolute atomic E-state index is 10.8. The van der Waals surface area contributed by atoms with Gasteiger partial charge in [-0.25, -0.2) is 15.0 Å². The third kappa shape index (κ3) is 3.94. The first-order chi connectivity index (χ1) is 12.8. The molecule has 2 aromatic heterocycles. The maximum Gasteiger partial charge on any atom is 0.320 e. The van der Waals surface area contributed by atoms with Gasteiger partial charge in [0.1, 0.15) is 30.1 Å². The van der Waals surface area contributed by atoms with Gasteiger partial charge in [-0.1, -0.05) is 12.6 Å². The van der Waals surface area contributed by atoms with Crippen molar-refractivity contribution in [2.75, 3.05) is 5.73 Å². The van der Waals surface area contributed by atoms with Crippen LogP contribution in [0.25, 0.3) is 11.2 Å². The fourth-order valence-electron chi connectivity index (χ4n) is 3.31. The molecule has 0 aliphatic carbocycles. The molecule has 0 spiro atoms. The summed E-state index contributed by atoms with van der Waals surface area (Å²) in [4.78, 5) is 23.0. The fourth-order valence-corrected chi connectivity index (χ4v) is 5.66. The second kappa shape index (κ2) is 7.86. The minimum atomic E-state index is -1.39. The molecular weight excluding hydrogens is 372 g/mol. The number of rotatable bonds is 7. The number of hydrogen-bond acceptors (Lipinski definition) is 9. The molecule has 7 N–H and O–H groups in total. The normalized spacial score (nSPS) is 27.7. The number of carboxylic acids is 1. The number of carboxylic acid groups (broad SMARTS) is 1. The Labute approximate surface area is 156 Å². The molecule has 148 valence electrons. The molecule has 0 saturated carbocycles. The summed E-state index contributed by atoms with van der Waals surface area (Å²) in [6, 6.07) is 0.416. The molecule has 4 unspecified atom stereocenters. The van der Waals surface area contributed by atoms with Gasteiger partial charge in [0.15, 0.2) is 17.7 Å². The topological polar surface area (TPSA) is 183 Å². The summed E-state index contributed by atoms with van der Waals surface area (Å²) in [5, 5.41) is 29.7. The van der Waals surface area contributed by atoms with Crippen LogP contribution in [-0.4, -0.2) is 74.0 Å². The summed E-state index contributed by atoms with van der Waals surface area (Å²) < 4.78 is 7.45. The summed E-state index contributed by atoms with van der Waals surface area (Å²) >= 11 is 0. The predicted molar refractivity (Wildman–Crippen MR) is 98.5 cm³/mol. The van der Waals surface area contributed by atoms with Gasteiger partial charge in [0.2, 0.25) is 0 Å². The van der Waals surface area contributed by atoms with Crippen LogP contribution in [0.1, 0.15) is 12.6 Å². The van der Waals surface area contributed by atoms with Crippen LogP contribution in [0.3, 0.4) is 0 Å². The number of fused-ring (bicyclic) bond motifs is 1. The van der Waals surface area contributed by atoms with Crippen LogP contribution >= 0.6 is 0 Å². The molecule has 2 aromatic rings. The van der Waals surface area contributed by atoms with Crippen LogP contribution < -0.4 is 11.5 Å². The van der Waals surface area contributed by atoms with E-state index in [4.69, 9.17) is 21.3 Å². The summed E-state index contributed by atoms with van der Waals surface area (Å²) in [5.41, 5.74) is 12.1. The highest BCUT2D eigenvalue weighted by Gasteiger charge is 2.44. The molecule has 12 heteroatoms. The highest BCUT2D eigenvalue weighted by molar-refractivity contribution is 6.57. The average Bonchev–Trinajstić information content (AvgIpc) is 3.17. The molecule has 1 fully saturated rings. The highest BCUT2D eigenvalue weighted by atomic mass is 28.3. The number of imidazole rings is 1. The number of anilines is 1. The quantitative estimate of drug-likeness (QED) is 0.352. The summed E-state index contributed by atoms with van der Waals surface area (Å²) in [5.74, 6) is -0.795. The zero-order valence-corrected chi connectivity index (χ0v) is 16.0. The van der Waals surface area contributed by atoms with E-state index >= 15 is 0 Å². The molecule has 3 rings (SSSR count). The molecule has 6 atom stereocenters. The van der Waals surface area contributed by atoms with Crippen molar-refractivity contribution in [1.82, 2.24) is 19.5 Å². The molecule has 0 bridgehead atoms. The molecule has 0 amide bonds. The fraction of sp³-hybridized carbons (Fsp3) is 0.600. The number of nitrogen functional groups attached to an aromatic ring is 1. The third-order valence-corrected chi connectivity index (χ3v) is 7.51. The van der Waals surface area contributed by atoms with Gasteiger partial charge in [-0.05, 0) is 12.5 Å². The Balaban J connectivity index is 1.68. The van der Waals surface area contributed by atoms with E-state index in [1.807, 2.05) is 0 Å². The molecule has 1 aliphatic rings. The Morgan fingerprint density at radius 3 is 2.81 bits per heavy atom. The summed E-state index contributed by atoms with van der Waals surface area (Å²) in [6.07, 6.45) is -0.464. The highest BCUT2D eigenvalue weighted by Crippen LogP contribution is 2.34. The van der Waals surface area contributed by atoms with Crippen LogP contribution in [-0.2, 0) is 9.53 Å². The van der Waals surface area contributed by atoms with Gasteiger partial charge in [-0.2, -0.15) is 0 Å². The average molecular weight is 396 g/mol. The van der Waals surface area contributed by atoms with Crippen molar-refractivity contribution in [1.29, 1.82) is 0 Å². The second-order valence-corrected chi connectivity index (χ2v) is 10.3. The summed E-state index contributed by atoms with van der Waals surface area (Å²) in [6.45, 7) is 2.06. The number of nitrogens with two attached hydrogens (primary N) is 2. The molecule has 0 aromatic carbocycles. The molecule has 27 heavy (non-hydrogen) atoms. The van der Waals surface area contributed by atoms with Gasteiger partial charge in [0.05, 0.1) is 12.4 Å². The number of aliphatic carboxylic acids is 1. The first-order valence-electron chi connectivity index (χ1n) is 8.72. The molecule has 3 heterocycles. The third-order valence-electron chi connectivity index (χ3n) is 4.92. The number of aliphatic hydroxyl groups excluding tert-OH is 2. The van der Waals surface area contributed by atoms with E-state index in [0.717, 1.165) is 0 Å². The van der Waals surface area contributed by atoms with E-state index in [2.05, 4.69) is 21.5 Å². The Bertz CT molecular complexity index is 819. The van der Waals surface area contributed by atoms with Gasteiger partial charge in [0.25, 0.3) is 0 Å². The number of aromatic nitrogens is 4. The van der Waals surface area contributed by atoms with Crippen molar-refractivity contribution in [3.05, 3.63) is 12.7 Å². The SMILES string of the molecule is C[SiH](CC[C@H](N)C(=O)O)CC1O[C@@H](n2cnc3c(N)ncnc32)C(O)C1O. The van der Waals surface area contributed by atoms with Crippen LogP contribution in [0.15, 0.2) is 12.7 Å². The first kappa shape index (κ1) is 19.6. The number of hydrogen-bond donors (Lipinski definition) is 5. The lowest BCUT2D eigenvalue weighted by Crippen LogP contribution is -2.34. The molecule has 1 saturated heterocycles. The summed E-state index contributed by atoms with van der Waals surface area (Å²) in [7, 11) is -1.39. The number of ether oxygens (including phenoxy) is 1. The zero-order valence-electron chi connectivity index (χ0n) is 14.8. The van der Waals surface area contributed by atoms with Crippen molar-refractivity contribution >= 4 is 31.7 Å². The lowest BCUT2D eigenvalue weighted by atomic mass is 10.1. The monoisotopic (exact) mass is 396 g/mol. The first-order valence-corrected chi connectivity index (χ1v) is 11.5. The maximum atomic E-state index is 10.8. The molecule has 11 nitrogen and oxygen atoms in total. The smallest absolute Gasteiger partial charge is 0.320 e. The Morgan fingerprint density at radius 1 is 1.37 bits per heavy atom. The zero-order chi connectivity index (χ0) is 19.7. The Morgan fingerprint density at radius 2 is 2.11 bits per heavy atom. The number of carbonyl (C=O) groups is 1. The van der Waals surface area contributed by atoms with Crippen LogP contribution in [0.2, 0.25) is 18.6 Å². The van der Waals surface area contributed by atoms with Gasteiger partial charge in [-0.15, -0.1) is 0 Å². The lowest BCUT2D eigenvalue weighted by molar-refractivity contribution is -0.138. The van der Waals surface area contributed by atoms with Crippen molar-refractivity contribution in [3.8, 4) is 0 Å². The van der Waals surface area contributed by atoms with Gasteiger partial charge < -0.3 is 31.5 Å². The van der Waals surface area contributed by atoms with Crippen molar-refractivity contribution in [3.63, 3.8) is 0 Å². The van der Waals surface area contributed by atoms with Crippen LogP contribution in [0.5, 0.6) is 0 Å². The minimum absolute atomic E-state index is 0.221. The largest absolute Gasteiger partial charge is 0.480 e. The van der Waals surface area contributed by atoms with E-state index in [9.17, 15) is 15.0 Å². The molecule has 1 aliphatic heterocycles. The van der Waals surface area contributed by atoms with E-state index < -0.39 is 45.3 Å². The predicted octanol–water partition coefficient (Wildman–Crippen LogP) is -1.31. The van der Waals surface area contributed by atoms with Crippen molar-refractivity contribution in [2.24, 2.45) is 5.73 Å². The number of nitrogens with zero attached hydrogens (tertiary/aromatic N) is 4. The lowest BCUT2D eigenvalue weighted by Gasteiger charge is -2.19. The van der Waals surface area contributed by atoms with Crippen molar-refractivity contribution < 1.29 is 24.9 Å². The van der Waals surface area contributed by atoms with E-state index in [-0.39, 0.29) is 5.82 Å². The second-order valence-electron chi connectivity index (χ2n) is 6.99. The molecule has 0 radical (unpaired) electrons. The van der Waals surface area contributed by atoms with Crippen LogP contribution in [0.4, 0.5) is 5.82 Å². The Hall–Kier alpha value is -2.12.